The molecule has 0 saturated carbocycles. The molecule has 1 unspecified atom stereocenters. The average Bonchev–Trinajstić information content (AvgIpc) is 3.47. The molecule has 164 valence electrons. The van der Waals surface area contributed by atoms with Crippen LogP contribution in [-0.4, -0.2) is 18.8 Å². The van der Waals surface area contributed by atoms with Crippen molar-refractivity contribution in [2.24, 2.45) is 0 Å². The van der Waals surface area contributed by atoms with Gasteiger partial charge in [0, 0.05) is 0 Å². The Kier molecular flexibility index (Phi) is 12.1. The molecule has 0 amide bonds. The molecule has 0 N–H and O–H groups in total. The van der Waals surface area contributed by atoms with E-state index in [0.717, 1.165) is 18.8 Å². The molecule has 0 spiro atoms. The first-order valence-electron chi connectivity index (χ1n) is 12.2. The van der Waals surface area contributed by atoms with E-state index >= 15 is 0 Å². The molecular formula is C27H44O2. The number of rotatable bonds is 18. The fourth-order valence-corrected chi connectivity index (χ4v) is 3.67. The average molecular weight is 401 g/mol. The summed E-state index contributed by atoms with van der Waals surface area (Å²) < 4.78 is 11.4. The van der Waals surface area contributed by atoms with Gasteiger partial charge in [-0.2, -0.15) is 0 Å². The Labute approximate surface area is 180 Å². The van der Waals surface area contributed by atoms with Gasteiger partial charge in [-0.05, 0) is 57.1 Å². The molecule has 0 radical (unpaired) electrons. The molecule has 1 aromatic carbocycles. The molecule has 1 saturated heterocycles. The molecule has 2 rings (SSSR count). The lowest BCUT2D eigenvalue weighted by molar-refractivity contribution is 0.201. The molecule has 1 aromatic rings. The fourth-order valence-electron chi connectivity index (χ4n) is 3.67. The zero-order valence-corrected chi connectivity index (χ0v) is 19.1. The molecule has 0 aromatic heterocycles. The lowest BCUT2D eigenvalue weighted by atomic mass is 10.0. The highest BCUT2D eigenvalue weighted by molar-refractivity contribution is 5.33. The number of hydrogen-bond acceptors (Lipinski definition) is 2. The standard InChI is InChI=1S/C27H44O2/c1-3-4-5-6-7-8-9-10-11-12-13-14-15-16-17-20-25-21-18-19-22-26(25)28-23-27(2)24-29-27/h8-9,18-19,21-22H,3-7,10-17,20,23-24H2,1-2H3/b9-8+. The Morgan fingerprint density at radius 2 is 1.45 bits per heavy atom. The van der Waals surface area contributed by atoms with Gasteiger partial charge in [0.05, 0.1) is 6.61 Å². The van der Waals surface area contributed by atoms with E-state index in [9.17, 15) is 0 Å². The number of epoxide rings is 1. The van der Waals surface area contributed by atoms with E-state index in [2.05, 4.69) is 50.3 Å². The highest BCUT2D eigenvalue weighted by Gasteiger charge is 2.40. The third-order valence-electron chi connectivity index (χ3n) is 5.85. The summed E-state index contributed by atoms with van der Waals surface area (Å²) in [5.74, 6) is 1.04. The van der Waals surface area contributed by atoms with Gasteiger partial charge in [0.15, 0.2) is 0 Å². The lowest BCUT2D eigenvalue weighted by Gasteiger charge is -2.13. The predicted molar refractivity (Wildman–Crippen MR) is 125 cm³/mol. The summed E-state index contributed by atoms with van der Waals surface area (Å²) in [5, 5.41) is 0. The van der Waals surface area contributed by atoms with Crippen LogP contribution >= 0.6 is 0 Å². The van der Waals surface area contributed by atoms with Gasteiger partial charge in [-0.3, -0.25) is 0 Å². The fraction of sp³-hybridized carbons (Fsp3) is 0.704. The minimum absolute atomic E-state index is 0.0441. The van der Waals surface area contributed by atoms with Gasteiger partial charge >= 0.3 is 0 Å². The van der Waals surface area contributed by atoms with Crippen LogP contribution in [0.1, 0.15) is 103 Å². The molecule has 29 heavy (non-hydrogen) atoms. The van der Waals surface area contributed by atoms with Gasteiger partial charge in [-0.1, -0.05) is 88.6 Å². The summed E-state index contributed by atoms with van der Waals surface area (Å²) in [6.45, 7) is 5.88. The van der Waals surface area contributed by atoms with Crippen molar-refractivity contribution in [3.05, 3.63) is 42.0 Å². The third kappa shape index (κ3) is 11.5. The number of hydrogen-bond donors (Lipinski definition) is 0. The molecule has 1 aliphatic rings. The van der Waals surface area contributed by atoms with Crippen molar-refractivity contribution in [3.8, 4) is 5.75 Å². The summed E-state index contributed by atoms with van der Waals surface area (Å²) in [7, 11) is 0. The Morgan fingerprint density at radius 3 is 2.10 bits per heavy atom. The van der Waals surface area contributed by atoms with E-state index in [0.29, 0.717) is 6.61 Å². The number of para-hydroxylation sites is 1. The van der Waals surface area contributed by atoms with E-state index in [4.69, 9.17) is 9.47 Å². The second kappa shape index (κ2) is 14.7. The van der Waals surface area contributed by atoms with Crippen molar-refractivity contribution in [1.29, 1.82) is 0 Å². The van der Waals surface area contributed by atoms with Crippen LogP contribution in [0.15, 0.2) is 36.4 Å². The van der Waals surface area contributed by atoms with Crippen LogP contribution in [0.5, 0.6) is 5.75 Å². The molecule has 0 aliphatic carbocycles. The maximum Gasteiger partial charge on any atom is 0.123 e. The molecule has 1 aliphatic heterocycles. The summed E-state index contributed by atoms with van der Waals surface area (Å²) in [6.07, 6.45) is 23.4. The van der Waals surface area contributed by atoms with Crippen molar-refractivity contribution in [2.45, 2.75) is 109 Å². The number of benzene rings is 1. The van der Waals surface area contributed by atoms with E-state index in [1.165, 1.54) is 89.0 Å². The first kappa shape index (κ1) is 24.0. The summed E-state index contributed by atoms with van der Waals surface area (Å²) in [4.78, 5) is 0. The first-order chi connectivity index (χ1) is 14.2. The number of allylic oxidation sites excluding steroid dienone is 2. The largest absolute Gasteiger partial charge is 0.490 e. The highest BCUT2D eigenvalue weighted by atomic mass is 16.6. The van der Waals surface area contributed by atoms with Gasteiger partial charge in [0.25, 0.3) is 0 Å². The van der Waals surface area contributed by atoms with E-state index in [1.54, 1.807) is 0 Å². The molecule has 1 heterocycles. The molecule has 1 atom stereocenters. The van der Waals surface area contributed by atoms with Crippen LogP contribution in [0.25, 0.3) is 0 Å². The highest BCUT2D eigenvalue weighted by Crippen LogP contribution is 2.28. The van der Waals surface area contributed by atoms with Crippen molar-refractivity contribution in [1.82, 2.24) is 0 Å². The van der Waals surface area contributed by atoms with E-state index < -0.39 is 0 Å². The van der Waals surface area contributed by atoms with Gasteiger partial charge in [-0.15, -0.1) is 0 Å². The molecule has 0 bridgehead atoms. The van der Waals surface area contributed by atoms with Crippen LogP contribution in [0.2, 0.25) is 0 Å². The molecule has 2 heteroatoms. The molecular weight excluding hydrogens is 356 g/mol. The van der Waals surface area contributed by atoms with Gasteiger partial charge in [0.2, 0.25) is 0 Å². The Bertz CT molecular complexity index is 559. The number of unbranched alkanes of at least 4 members (excludes halogenated alkanes) is 11. The van der Waals surface area contributed by atoms with Gasteiger partial charge in [-0.25, -0.2) is 0 Å². The van der Waals surface area contributed by atoms with Gasteiger partial charge in [0.1, 0.15) is 18.0 Å². The first-order valence-corrected chi connectivity index (χ1v) is 12.2. The summed E-state index contributed by atoms with van der Waals surface area (Å²) in [5.41, 5.74) is 1.30. The lowest BCUT2D eigenvalue weighted by Crippen LogP contribution is -2.17. The maximum atomic E-state index is 6.01. The van der Waals surface area contributed by atoms with Crippen LogP contribution in [0.3, 0.4) is 0 Å². The minimum Gasteiger partial charge on any atom is -0.490 e. The van der Waals surface area contributed by atoms with Crippen molar-refractivity contribution >= 4 is 0 Å². The smallest absolute Gasteiger partial charge is 0.123 e. The normalized spacial score (nSPS) is 18.4. The molecule has 2 nitrogen and oxygen atoms in total. The van der Waals surface area contributed by atoms with Crippen LogP contribution in [0, 0.1) is 0 Å². The Balaban J connectivity index is 1.42. The van der Waals surface area contributed by atoms with Crippen molar-refractivity contribution in [2.75, 3.05) is 13.2 Å². The van der Waals surface area contributed by atoms with E-state index in [1.807, 2.05) is 0 Å². The maximum absolute atomic E-state index is 6.01. The topological polar surface area (TPSA) is 21.8 Å². The van der Waals surface area contributed by atoms with Crippen molar-refractivity contribution in [3.63, 3.8) is 0 Å². The zero-order valence-electron chi connectivity index (χ0n) is 19.1. The summed E-state index contributed by atoms with van der Waals surface area (Å²) in [6, 6.07) is 8.50. The van der Waals surface area contributed by atoms with Crippen LogP contribution in [0.4, 0.5) is 0 Å². The van der Waals surface area contributed by atoms with Crippen LogP contribution < -0.4 is 4.74 Å². The Morgan fingerprint density at radius 1 is 0.862 bits per heavy atom. The molecule has 1 fully saturated rings. The van der Waals surface area contributed by atoms with Crippen LogP contribution in [-0.2, 0) is 11.2 Å². The monoisotopic (exact) mass is 400 g/mol. The quantitative estimate of drug-likeness (QED) is 0.141. The zero-order chi connectivity index (χ0) is 20.6. The second-order valence-corrected chi connectivity index (χ2v) is 8.97. The Hall–Kier alpha value is -1.28. The second-order valence-electron chi connectivity index (χ2n) is 8.97. The van der Waals surface area contributed by atoms with E-state index in [-0.39, 0.29) is 5.60 Å². The third-order valence-corrected chi connectivity index (χ3v) is 5.85. The minimum atomic E-state index is -0.0441. The number of ether oxygens (including phenoxy) is 2. The number of aryl methyl sites for hydroxylation is 1. The van der Waals surface area contributed by atoms with Gasteiger partial charge < -0.3 is 9.47 Å². The van der Waals surface area contributed by atoms with Crippen molar-refractivity contribution < 1.29 is 9.47 Å². The predicted octanol–water partition coefficient (Wildman–Crippen LogP) is 8.04. The summed E-state index contributed by atoms with van der Waals surface area (Å²) >= 11 is 0. The SMILES string of the molecule is CCCCCC/C=C/CCCCCCCCCc1ccccc1OCC1(C)CO1.